The molecule has 0 N–H and O–H groups in total. The molecule has 2 aromatic carbocycles. The molecule has 0 aliphatic carbocycles. The normalized spacial score (nSPS) is 12.7. The van der Waals surface area contributed by atoms with Crippen LogP contribution in [0.15, 0.2) is 58.0 Å². The fraction of sp³-hybridized carbons (Fsp3) is 0.176. The molecule has 0 fully saturated rings. The Hall–Kier alpha value is -1.59. The largest absolute Gasteiger partial charge is 0.461 e. The fourth-order valence-corrected chi connectivity index (χ4v) is 3.53. The summed E-state index contributed by atoms with van der Waals surface area (Å²) in [6.07, 6.45) is 0. The zero-order valence-electron chi connectivity index (χ0n) is 11.8. The van der Waals surface area contributed by atoms with E-state index in [1.165, 1.54) is 11.1 Å². The minimum absolute atomic E-state index is 0.304. The van der Waals surface area contributed by atoms with Crippen molar-refractivity contribution >= 4 is 38.7 Å². The molecule has 1 heterocycles. The van der Waals surface area contributed by atoms with Crippen molar-refractivity contribution in [2.45, 2.75) is 6.54 Å². The number of fused-ring (bicyclic) bond motifs is 1. The first kappa shape index (κ1) is 15.3. The van der Waals surface area contributed by atoms with Crippen LogP contribution in [0.4, 0.5) is 0 Å². The number of halogens is 1. The molecule has 2 aromatic rings. The maximum absolute atomic E-state index is 12.0. The number of thioether (sulfide) groups is 1. The number of carbonyl (C=O) groups excluding carboxylic acids is 1. The van der Waals surface area contributed by atoms with Crippen LogP contribution in [0.2, 0.25) is 0 Å². The van der Waals surface area contributed by atoms with Gasteiger partial charge in [0.05, 0.1) is 17.2 Å². The molecule has 0 bridgehead atoms. The second kappa shape index (κ2) is 7.11. The summed E-state index contributed by atoms with van der Waals surface area (Å²) in [6, 6.07) is 15.5. The molecular weight excluding hydrogens is 362 g/mol. The fourth-order valence-electron chi connectivity index (χ4n) is 2.21. The van der Waals surface area contributed by atoms with Gasteiger partial charge in [-0.2, -0.15) is 0 Å². The summed E-state index contributed by atoms with van der Waals surface area (Å²) in [7, 11) is 0. The van der Waals surface area contributed by atoms with Gasteiger partial charge in [0.2, 0.25) is 0 Å². The van der Waals surface area contributed by atoms with Crippen LogP contribution in [0.25, 0.3) is 0 Å². The number of aliphatic imine (C=N–C) groups is 1. The first-order chi connectivity index (χ1) is 10.8. The Labute approximate surface area is 141 Å². The van der Waals surface area contributed by atoms with Gasteiger partial charge in [-0.3, -0.25) is 4.99 Å². The number of esters is 1. The van der Waals surface area contributed by atoms with E-state index in [4.69, 9.17) is 4.74 Å². The van der Waals surface area contributed by atoms with E-state index in [9.17, 15) is 4.79 Å². The second-order valence-electron chi connectivity index (χ2n) is 4.74. The Kier molecular flexibility index (Phi) is 4.95. The van der Waals surface area contributed by atoms with E-state index >= 15 is 0 Å². The Morgan fingerprint density at radius 3 is 2.82 bits per heavy atom. The number of carbonyl (C=O) groups is 1. The van der Waals surface area contributed by atoms with E-state index in [-0.39, 0.29) is 5.97 Å². The van der Waals surface area contributed by atoms with Crippen LogP contribution in [-0.2, 0) is 11.3 Å². The molecular formula is C17H14BrNO2S. The third-order valence-corrected chi connectivity index (χ3v) is 4.97. The maximum atomic E-state index is 12.0. The SMILES string of the molecule is O=C(OCCSC1=NCc2ccccc21)c1ccccc1Br. The lowest BCUT2D eigenvalue weighted by Crippen LogP contribution is -2.09. The van der Waals surface area contributed by atoms with Crippen LogP contribution in [-0.4, -0.2) is 23.4 Å². The minimum atomic E-state index is -0.304. The summed E-state index contributed by atoms with van der Waals surface area (Å²) >= 11 is 4.98. The molecule has 0 saturated heterocycles. The molecule has 3 rings (SSSR count). The van der Waals surface area contributed by atoms with Crippen molar-refractivity contribution < 1.29 is 9.53 Å². The quantitative estimate of drug-likeness (QED) is 0.590. The van der Waals surface area contributed by atoms with Gasteiger partial charge in [0.25, 0.3) is 0 Å². The van der Waals surface area contributed by atoms with E-state index in [1.807, 2.05) is 30.3 Å². The van der Waals surface area contributed by atoms with Crippen molar-refractivity contribution in [2.75, 3.05) is 12.4 Å². The minimum Gasteiger partial charge on any atom is -0.461 e. The van der Waals surface area contributed by atoms with Crippen LogP contribution < -0.4 is 0 Å². The van der Waals surface area contributed by atoms with Crippen LogP contribution >= 0.6 is 27.7 Å². The molecule has 0 aromatic heterocycles. The highest BCUT2D eigenvalue weighted by molar-refractivity contribution is 9.10. The third kappa shape index (κ3) is 3.42. The number of nitrogens with zero attached hydrogens (tertiary/aromatic N) is 1. The van der Waals surface area contributed by atoms with Gasteiger partial charge in [-0.1, -0.05) is 36.4 Å². The second-order valence-corrected chi connectivity index (χ2v) is 6.68. The highest BCUT2D eigenvalue weighted by atomic mass is 79.9. The van der Waals surface area contributed by atoms with Gasteiger partial charge in [-0.15, -0.1) is 11.8 Å². The summed E-state index contributed by atoms with van der Waals surface area (Å²) in [4.78, 5) is 16.5. The van der Waals surface area contributed by atoms with E-state index in [0.29, 0.717) is 17.9 Å². The Bertz CT molecular complexity index is 730. The van der Waals surface area contributed by atoms with E-state index in [0.717, 1.165) is 16.1 Å². The van der Waals surface area contributed by atoms with Crippen molar-refractivity contribution in [3.8, 4) is 0 Å². The average molecular weight is 376 g/mol. The van der Waals surface area contributed by atoms with E-state index < -0.39 is 0 Å². The van der Waals surface area contributed by atoms with Crippen LogP contribution in [0.5, 0.6) is 0 Å². The maximum Gasteiger partial charge on any atom is 0.339 e. The van der Waals surface area contributed by atoms with Gasteiger partial charge in [0.15, 0.2) is 0 Å². The smallest absolute Gasteiger partial charge is 0.339 e. The van der Waals surface area contributed by atoms with Crippen LogP contribution in [0, 0.1) is 0 Å². The topological polar surface area (TPSA) is 38.7 Å². The molecule has 22 heavy (non-hydrogen) atoms. The summed E-state index contributed by atoms with van der Waals surface area (Å²) in [6.45, 7) is 1.11. The summed E-state index contributed by atoms with van der Waals surface area (Å²) in [5.74, 6) is 0.394. The Morgan fingerprint density at radius 1 is 1.18 bits per heavy atom. The Morgan fingerprint density at radius 2 is 1.95 bits per heavy atom. The number of rotatable bonds is 4. The van der Waals surface area contributed by atoms with Gasteiger partial charge in [0, 0.05) is 15.8 Å². The third-order valence-electron chi connectivity index (χ3n) is 3.29. The molecule has 1 aliphatic rings. The average Bonchev–Trinajstić information content (AvgIpc) is 2.95. The monoisotopic (exact) mass is 375 g/mol. The molecule has 0 radical (unpaired) electrons. The predicted molar refractivity (Wildman–Crippen MR) is 93.6 cm³/mol. The molecule has 5 heteroatoms. The summed E-state index contributed by atoms with van der Waals surface area (Å²) in [5.41, 5.74) is 3.01. The molecule has 0 unspecified atom stereocenters. The Balaban J connectivity index is 1.49. The number of benzene rings is 2. The highest BCUT2D eigenvalue weighted by Gasteiger charge is 2.15. The summed E-state index contributed by atoms with van der Waals surface area (Å²) < 4.78 is 6.06. The zero-order valence-corrected chi connectivity index (χ0v) is 14.2. The number of hydrogen-bond acceptors (Lipinski definition) is 4. The predicted octanol–water partition coefficient (Wildman–Crippen LogP) is 4.30. The highest BCUT2D eigenvalue weighted by Crippen LogP contribution is 2.25. The lowest BCUT2D eigenvalue weighted by Gasteiger charge is -2.06. The zero-order chi connectivity index (χ0) is 15.4. The van der Waals surface area contributed by atoms with Crippen molar-refractivity contribution in [1.82, 2.24) is 0 Å². The van der Waals surface area contributed by atoms with Crippen molar-refractivity contribution in [2.24, 2.45) is 4.99 Å². The lowest BCUT2D eigenvalue weighted by molar-refractivity contribution is 0.0529. The molecule has 0 saturated carbocycles. The van der Waals surface area contributed by atoms with Crippen LogP contribution in [0.3, 0.4) is 0 Å². The van der Waals surface area contributed by atoms with Gasteiger partial charge in [0.1, 0.15) is 6.61 Å². The number of ether oxygens (including phenoxy) is 1. The van der Waals surface area contributed by atoms with Crippen molar-refractivity contribution in [3.63, 3.8) is 0 Å². The van der Waals surface area contributed by atoms with E-state index in [2.05, 4.69) is 33.1 Å². The number of hydrogen-bond donors (Lipinski definition) is 0. The van der Waals surface area contributed by atoms with Crippen molar-refractivity contribution in [1.29, 1.82) is 0 Å². The molecule has 0 amide bonds. The van der Waals surface area contributed by atoms with Crippen molar-refractivity contribution in [3.05, 3.63) is 69.7 Å². The molecule has 0 spiro atoms. The molecule has 3 nitrogen and oxygen atoms in total. The lowest BCUT2D eigenvalue weighted by atomic mass is 10.1. The summed E-state index contributed by atoms with van der Waals surface area (Å²) in [5, 5.41) is 1.03. The van der Waals surface area contributed by atoms with Gasteiger partial charge >= 0.3 is 5.97 Å². The standard InChI is InChI=1S/C17H14BrNO2S/c18-15-8-4-3-7-14(15)17(20)21-9-10-22-16-13-6-2-1-5-12(13)11-19-16/h1-8H,9-11H2. The van der Waals surface area contributed by atoms with Crippen LogP contribution in [0.1, 0.15) is 21.5 Å². The molecule has 1 aliphatic heterocycles. The van der Waals surface area contributed by atoms with Gasteiger partial charge in [-0.25, -0.2) is 4.79 Å². The molecule has 112 valence electrons. The first-order valence-electron chi connectivity index (χ1n) is 6.93. The first-order valence-corrected chi connectivity index (χ1v) is 8.71. The van der Waals surface area contributed by atoms with Gasteiger partial charge < -0.3 is 4.74 Å². The van der Waals surface area contributed by atoms with Gasteiger partial charge in [-0.05, 0) is 33.6 Å². The molecule has 0 atom stereocenters. The van der Waals surface area contributed by atoms with E-state index in [1.54, 1.807) is 17.8 Å².